The molecular formula is C23H23N5O3. The maximum absolute atomic E-state index is 10.7. The van der Waals surface area contributed by atoms with Gasteiger partial charge >= 0.3 is 0 Å². The van der Waals surface area contributed by atoms with Gasteiger partial charge in [0.25, 0.3) is 0 Å². The van der Waals surface area contributed by atoms with Gasteiger partial charge in [-0.15, -0.1) is 10.2 Å². The van der Waals surface area contributed by atoms with Gasteiger partial charge in [-0.2, -0.15) is 5.26 Å². The first kappa shape index (κ1) is 20.4. The fraction of sp³-hybridized carbons (Fsp3) is 0.261. The predicted molar refractivity (Wildman–Crippen MR) is 116 cm³/mol. The Labute approximate surface area is 180 Å². The number of aliphatic hydroxyl groups is 1. The predicted octanol–water partition coefficient (Wildman–Crippen LogP) is 3.28. The summed E-state index contributed by atoms with van der Waals surface area (Å²) in [7, 11) is 0. The van der Waals surface area contributed by atoms with E-state index in [0.29, 0.717) is 38.0 Å². The molecule has 1 fully saturated rings. The number of ether oxygens (including phenoxy) is 2. The number of aliphatic hydroxyl groups excluding tert-OH is 1. The highest BCUT2D eigenvalue weighted by atomic mass is 16.5. The van der Waals surface area contributed by atoms with Crippen LogP contribution in [0, 0.1) is 18.3 Å². The summed E-state index contributed by atoms with van der Waals surface area (Å²) in [5, 5.41) is 29.1. The molecule has 158 valence electrons. The normalized spacial score (nSPS) is 14.6. The standard InChI is InChI=1S/C23H23N5O3/c1-17-7-9-19(10-8-17)31-16-21(29)20(15-24)22-25-26-23(27-11-13-30-14-12-27)28(22)18-5-3-2-4-6-18/h2-10,29H,11-14,16H2,1H3. The Morgan fingerprint density at radius 3 is 2.48 bits per heavy atom. The van der Waals surface area contributed by atoms with Crippen LogP contribution >= 0.6 is 0 Å². The quantitative estimate of drug-likeness (QED) is 0.486. The van der Waals surface area contributed by atoms with Gasteiger partial charge in [0.2, 0.25) is 5.95 Å². The maximum Gasteiger partial charge on any atom is 0.232 e. The van der Waals surface area contributed by atoms with Gasteiger partial charge in [0.1, 0.15) is 24.0 Å². The third kappa shape index (κ3) is 4.52. The number of anilines is 1. The topological polar surface area (TPSA) is 96.4 Å². The molecule has 1 N–H and O–H groups in total. The zero-order valence-corrected chi connectivity index (χ0v) is 17.2. The molecule has 0 amide bonds. The number of aromatic nitrogens is 3. The molecule has 0 radical (unpaired) electrons. The van der Waals surface area contributed by atoms with Crippen LogP contribution in [0.2, 0.25) is 0 Å². The highest BCUT2D eigenvalue weighted by Gasteiger charge is 2.25. The van der Waals surface area contributed by atoms with E-state index in [-0.39, 0.29) is 23.8 Å². The SMILES string of the molecule is Cc1ccc(OCC(O)=C(C#N)c2nnc(N3CCOCC3)n2-c2ccccc2)cc1. The minimum absolute atomic E-state index is 0.0166. The van der Waals surface area contributed by atoms with Crippen LogP contribution in [0.3, 0.4) is 0 Å². The molecular weight excluding hydrogens is 394 g/mol. The van der Waals surface area contributed by atoms with Gasteiger partial charge in [-0.25, -0.2) is 0 Å². The lowest BCUT2D eigenvalue weighted by Crippen LogP contribution is -2.38. The molecule has 1 aromatic heterocycles. The molecule has 0 saturated carbocycles. The van der Waals surface area contributed by atoms with E-state index in [1.807, 2.05) is 61.5 Å². The average molecular weight is 417 g/mol. The minimum atomic E-state index is -0.207. The first-order valence-corrected chi connectivity index (χ1v) is 10.0. The van der Waals surface area contributed by atoms with Gasteiger partial charge in [-0.05, 0) is 31.2 Å². The molecule has 3 aromatic rings. The third-order valence-corrected chi connectivity index (χ3v) is 4.97. The third-order valence-electron chi connectivity index (χ3n) is 4.97. The zero-order chi connectivity index (χ0) is 21.6. The molecule has 8 nitrogen and oxygen atoms in total. The number of rotatable bonds is 6. The van der Waals surface area contributed by atoms with Crippen LogP contribution in [0.1, 0.15) is 11.4 Å². The zero-order valence-electron chi connectivity index (χ0n) is 17.2. The Hall–Kier alpha value is -3.83. The molecule has 4 rings (SSSR count). The van der Waals surface area contributed by atoms with Crippen LogP contribution in [0.4, 0.5) is 5.95 Å². The van der Waals surface area contributed by atoms with Crippen LogP contribution < -0.4 is 9.64 Å². The second-order valence-electron chi connectivity index (χ2n) is 7.13. The van der Waals surface area contributed by atoms with Crippen molar-refractivity contribution in [3.63, 3.8) is 0 Å². The number of hydrogen-bond acceptors (Lipinski definition) is 7. The number of allylic oxidation sites excluding steroid dienone is 1. The number of hydrogen-bond donors (Lipinski definition) is 1. The van der Waals surface area contributed by atoms with Crippen molar-refractivity contribution in [2.75, 3.05) is 37.8 Å². The molecule has 0 spiro atoms. The van der Waals surface area contributed by atoms with Gasteiger partial charge in [0.05, 0.1) is 18.9 Å². The lowest BCUT2D eigenvalue weighted by atomic mass is 10.2. The van der Waals surface area contributed by atoms with Crippen molar-refractivity contribution in [1.82, 2.24) is 14.8 Å². The summed E-state index contributed by atoms with van der Waals surface area (Å²) in [6, 6.07) is 19.1. The van der Waals surface area contributed by atoms with E-state index in [2.05, 4.69) is 21.2 Å². The molecule has 0 aliphatic carbocycles. The van der Waals surface area contributed by atoms with Gasteiger partial charge in [-0.1, -0.05) is 35.9 Å². The average Bonchev–Trinajstić information content (AvgIpc) is 3.25. The number of morpholine rings is 1. The number of nitriles is 1. The summed E-state index contributed by atoms with van der Waals surface area (Å²) in [4.78, 5) is 2.06. The lowest BCUT2D eigenvalue weighted by Gasteiger charge is -2.28. The van der Waals surface area contributed by atoms with Crippen LogP contribution in [0.15, 0.2) is 60.4 Å². The Kier molecular flexibility index (Phi) is 6.15. The highest BCUT2D eigenvalue weighted by Crippen LogP contribution is 2.26. The summed E-state index contributed by atoms with van der Waals surface area (Å²) in [6.45, 7) is 4.34. The molecule has 1 saturated heterocycles. The van der Waals surface area contributed by atoms with Crippen molar-refractivity contribution in [2.24, 2.45) is 0 Å². The summed E-state index contributed by atoms with van der Waals surface area (Å²) in [5.41, 5.74) is 1.92. The van der Waals surface area contributed by atoms with E-state index < -0.39 is 0 Å². The Bertz CT molecular complexity index is 1090. The molecule has 0 atom stereocenters. The Morgan fingerprint density at radius 1 is 1.10 bits per heavy atom. The van der Waals surface area contributed by atoms with Crippen molar-refractivity contribution in [3.8, 4) is 17.5 Å². The second-order valence-corrected chi connectivity index (χ2v) is 7.13. The summed E-state index contributed by atoms with van der Waals surface area (Å²) in [6.07, 6.45) is 0. The first-order valence-electron chi connectivity index (χ1n) is 10.0. The monoisotopic (exact) mass is 417 g/mol. The second kappa shape index (κ2) is 9.32. The van der Waals surface area contributed by atoms with Crippen molar-refractivity contribution in [2.45, 2.75) is 6.92 Å². The van der Waals surface area contributed by atoms with E-state index in [1.54, 1.807) is 4.57 Å². The summed E-state index contributed by atoms with van der Waals surface area (Å²) in [5.74, 6) is 1.26. The van der Waals surface area contributed by atoms with Crippen molar-refractivity contribution in [1.29, 1.82) is 5.26 Å². The molecule has 31 heavy (non-hydrogen) atoms. The van der Waals surface area contributed by atoms with Crippen molar-refractivity contribution < 1.29 is 14.6 Å². The lowest BCUT2D eigenvalue weighted by molar-refractivity contribution is 0.122. The first-order chi connectivity index (χ1) is 15.2. The molecule has 1 aliphatic heterocycles. The smallest absolute Gasteiger partial charge is 0.232 e. The number of nitrogens with zero attached hydrogens (tertiary/aromatic N) is 5. The number of para-hydroxylation sites is 1. The van der Waals surface area contributed by atoms with Crippen molar-refractivity contribution in [3.05, 3.63) is 71.7 Å². The van der Waals surface area contributed by atoms with Crippen LogP contribution in [0.5, 0.6) is 5.75 Å². The summed E-state index contributed by atoms with van der Waals surface area (Å²) < 4.78 is 12.9. The Balaban J connectivity index is 1.70. The molecule has 1 aliphatic rings. The van der Waals surface area contributed by atoms with E-state index in [1.165, 1.54) is 0 Å². The molecule has 2 heterocycles. The summed E-state index contributed by atoms with van der Waals surface area (Å²) >= 11 is 0. The molecule has 8 heteroatoms. The van der Waals surface area contributed by atoms with Gasteiger partial charge in [0.15, 0.2) is 11.6 Å². The molecule has 0 bridgehead atoms. The van der Waals surface area contributed by atoms with E-state index >= 15 is 0 Å². The fourth-order valence-corrected chi connectivity index (χ4v) is 3.32. The Morgan fingerprint density at radius 2 is 1.81 bits per heavy atom. The van der Waals surface area contributed by atoms with Gasteiger partial charge in [-0.3, -0.25) is 4.57 Å². The molecule has 2 aromatic carbocycles. The van der Waals surface area contributed by atoms with Crippen LogP contribution in [0.25, 0.3) is 11.3 Å². The highest BCUT2D eigenvalue weighted by molar-refractivity contribution is 5.76. The minimum Gasteiger partial charge on any atom is -0.507 e. The van der Waals surface area contributed by atoms with E-state index in [4.69, 9.17) is 9.47 Å². The molecule has 0 unspecified atom stereocenters. The van der Waals surface area contributed by atoms with Crippen molar-refractivity contribution >= 4 is 11.5 Å². The van der Waals surface area contributed by atoms with Crippen LogP contribution in [-0.4, -0.2) is 52.8 Å². The van der Waals surface area contributed by atoms with Gasteiger partial charge in [0, 0.05) is 13.1 Å². The largest absolute Gasteiger partial charge is 0.507 e. The number of benzene rings is 2. The number of aryl methyl sites for hydroxylation is 1. The van der Waals surface area contributed by atoms with E-state index in [9.17, 15) is 10.4 Å². The van der Waals surface area contributed by atoms with E-state index in [0.717, 1.165) is 11.3 Å². The van der Waals surface area contributed by atoms with Gasteiger partial charge < -0.3 is 19.5 Å². The van der Waals surface area contributed by atoms with Crippen LogP contribution in [-0.2, 0) is 4.74 Å². The maximum atomic E-state index is 10.7. The fourth-order valence-electron chi connectivity index (χ4n) is 3.32.